The van der Waals surface area contributed by atoms with Gasteiger partial charge in [0.2, 0.25) is 0 Å². The van der Waals surface area contributed by atoms with Crippen molar-refractivity contribution in [1.82, 2.24) is 20.3 Å². The fraction of sp³-hybridized carbons (Fsp3) is 0.286. The van der Waals surface area contributed by atoms with Crippen molar-refractivity contribution in [3.8, 4) is 0 Å². The number of thiazole rings is 1. The molecule has 0 aliphatic rings. The number of aromatic amines is 1. The molecule has 0 saturated carbocycles. The van der Waals surface area contributed by atoms with Gasteiger partial charge < -0.3 is 10.3 Å². The molecule has 0 radical (unpaired) electrons. The van der Waals surface area contributed by atoms with Crippen LogP contribution in [-0.4, -0.2) is 15.0 Å². The van der Waals surface area contributed by atoms with Crippen LogP contribution in [0.5, 0.6) is 0 Å². The molecule has 5 heteroatoms. The molecule has 4 nitrogen and oxygen atoms in total. The zero-order valence-electron chi connectivity index (χ0n) is 10.8. The van der Waals surface area contributed by atoms with E-state index in [0.717, 1.165) is 30.2 Å². The Kier molecular flexibility index (Phi) is 3.57. The number of fused-ring (bicyclic) bond motifs is 1. The smallest absolute Gasteiger partial charge is 0.137 e. The minimum absolute atomic E-state index is 0.817. The third-order valence-corrected chi connectivity index (χ3v) is 4.22. The lowest BCUT2D eigenvalue weighted by atomic mass is 10.2. The van der Waals surface area contributed by atoms with Crippen LogP contribution < -0.4 is 5.32 Å². The Balaban J connectivity index is 1.63. The zero-order valence-corrected chi connectivity index (χ0v) is 11.6. The van der Waals surface area contributed by atoms with E-state index in [1.165, 1.54) is 15.8 Å². The highest BCUT2D eigenvalue weighted by molar-refractivity contribution is 7.11. The van der Waals surface area contributed by atoms with Gasteiger partial charge in [-0.1, -0.05) is 6.92 Å². The van der Waals surface area contributed by atoms with E-state index in [4.69, 9.17) is 0 Å². The summed E-state index contributed by atoms with van der Waals surface area (Å²) in [4.78, 5) is 13.2. The van der Waals surface area contributed by atoms with Crippen LogP contribution in [-0.2, 0) is 19.5 Å². The van der Waals surface area contributed by atoms with Crippen LogP contribution in [0.2, 0.25) is 0 Å². The number of nitrogens with zero attached hydrogens (tertiary/aromatic N) is 2. The molecule has 0 aromatic carbocycles. The first-order valence-electron chi connectivity index (χ1n) is 6.42. The summed E-state index contributed by atoms with van der Waals surface area (Å²) in [6, 6.07) is 4.06. The maximum absolute atomic E-state index is 4.40. The van der Waals surface area contributed by atoms with Crippen molar-refractivity contribution in [1.29, 1.82) is 0 Å². The average Bonchev–Trinajstić information content (AvgIpc) is 3.06. The van der Waals surface area contributed by atoms with Crippen LogP contribution in [0.3, 0.4) is 0 Å². The molecule has 0 fully saturated rings. The fourth-order valence-electron chi connectivity index (χ4n) is 2.06. The Morgan fingerprint density at radius 2 is 2.26 bits per heavy atom. The van der Waals surface area contributed by atoms with Crippen LogP contribution in [0.15, 0.2) is 30.7 Å². The van der Waals surface area contributed by atoms with Crippen molar-refractivity contribution in [2.45, 2.75) is 26.4 Å². The molecule has 0 aliphatic heterocycles. The molecule has 3 aromatic heterocycles. The second kappa shape index (κ2) is 5.50. The molecular weight excluding hydrogens is 256 g/mol. The molecular formula is C14H16N4S. The third kappa shape index (κ3) is 2.67. The largest absolute Gasteiger partial charge is 0.346 e. The molecule has 0 aliphatic carbocycles. The summed E-state index contributed by atoms with van der Waals surface area (Å²) >= 11 is 1.78. The van der Waals surface area contributed by atoms with Crippen molar-refractivity contribution < 1.29 is 0 Å². The highest BCUT2D eigenvalue weighted by Crippen LogP contribution is 2.16. The minimum Gasteiger partial charge on any atom is -0.346 e. The highest BCUT2D eigenvalue weighted by Gasteiger charge is 2.04. The van der Waals surface area contributed by atoms with Crippen LogP contribution in [0.1, 0.15) is 22.4 Å². The van der Waals surface area contributed by atoms with Crippen molar-refractivity contribution >= 4 is 22.4 Å². The number of hydrogen-bond acceptors (Lipinski definition) is 4. The molecule has 0 atom stereocenters. The topological polar surface area (TPSA) is 53.6 Å². The Bertz CT molecular complexity index is 671. The van der Waals surface area contributed by atoms with Crippen LogP contribution >= 0.6 is 11.3 Å². The molecule has 3 heterocycles. The molecule has 0 unspecified atom stereocenters. The number of hydrogen-bond donors (Lipinski definition) is 2. The van der Waals surface area contributed by atoms with E-state index in [1.54, 1.807) is 17.5 Å². The maximum Gasteiger partial charge on any atom is 0.137 e. The van der Waals surface area contributed by atoms with Gasteiger partial charge in [-0.3, -0.25) is 0 Å². The molecule has 3 rings (SSSR count). The van der Waals surface area contributed by atoms with Crippen molar-refractivity contribution in [2.24, 2.45) is 0 Å². The van der Waals surface area contributed by atoms with E-state index in [2.05, 4.69) is 33.3 Å². The number of aromatic nitrogens is 3. The highest BCUT2D eigenvalue weighted by atomic mass is 32.1. The van der Waals surface area contributed by atoms with E-state index in [1.807, 2.05) is 18.5 Å². The summed E-state index contributed by atoms with van der Waals surface area (Å²) in [5.74, 6) is 0. The Labute approximate surface area is 115 Å². The lowest BCUT2D eigenvalue weighted by Gasteiger charge is -2.01. The Morgan fingerprint density at radius 3 is 3.11 bits per heavy atom. The SMILES string of the molecule is CCc1cnc(CNCc2c[nH]c3ncccc23)s1. The molecule has 2 N–H and O–H groups in total. The lowest BCUT2D eigenvalue weighted by Crippen LogP contribution is -2.12. The van der Waals surface area contributed by atoms with Gasteiger partial charge in [0.25, 0.3) is 0 Å². The van der Waals surface area contributed by atoms with Crippen LogP contribution in [0, 0.1) is 0 Å². The van der Waals surface area contributed by atoms with Gasteiger partial charge in [-0.25, -0.2) is 9.97 Å². The van der Waals surface area contributed by atoms with Gasteiger partial charge in [-0.15, -0.1) is 11.3 Å². The predicted octanol–water partition coefficient (Wildman–Crippen LogP) is 2.87. The molecule has 0 spiro atoms. The van der Waals surface area contributed by atoms with Crippen molar-refractivity contribution in [2.75, 3.05) is 0 Å². The number of nitrogens with one attached hydrogen (secondary N) is 2. The molecule has 19 heavy (non-hydrogen) atoms. The van der Waals surface area contributed by atoms with E-state index in [9.17, 15) is 0 Å². The van der Waals surface area contributed by atoms with E-state index < -0.39 is 0 Å². The summed E-state index contributed by atoms with van der Waals surface area (Å²) in [6.45, 7) is 3.80. The van der Waals surface area contributed by atoms with Gasteiger partial charge in [-0.05, 0) is 24.1 Å². The monoisotopic (exact) mass is 272 g/mol. The van der Waals surface area contributed by atoms with E-state index in [-0.39, 0.29) is 0 Å². The van der Waals surface area contributed by atoms with Crippen LogP contribution in [0.4, 0.5) is 0 Å². The number of H-pyrrole nitrogens is 1. The number of rotatable bonds is 5. The second-order valence-electron chi connectivity index (χ2n) is 4.39. The maximum atomic E-state index is 4.40. The van der Waals surface area contributed by atoms with E-state index in [0.29, 0.717) is 0 Å². The van der Waals surface area contributed by atoms with Gasteiger partial charge in [-0.2, -0.15) is 0 Å². The first-order valence-corrected chi connectivity index (χ1v) is 7.23. The van der Waals surface area contributed by atoms with Crippen molar-refractivity contribution in [3.63, 3.8) is 0 Å². The Morgan fingerprint density at radius 1 is 1.32 bits per heavy atom. The Hall–Kier alpha value is -1.72. The molecule has 0 amide bonds. The van der Waals surface area contributed by atoms with Crippen molar-refractivity contribution in [3.05, 3.63) is 46.2 Å². The standard InChI is InChI=1S/C14H16N4S/c1-2-11-8-17-13(19-11)9-15-6-10-7-18-14-12(10)4-3-5-16-14/h3-5,7-8,15H,2,6,9H2,1H3,(H,16,18). The second-order valence-corrected chi connectivity index (χ2v) is 5.59. The number of aryl methyl sites for hydroxylation is 1. The third-order valence-electron chi connectivity index (χ3n) is 3.08. The quantitative estimate of drug-likeness (QED) is 0.751. The van der Waals surface area contributed by atoms with Gasteiger partial charge in [0.05, 0.1) is 0 Å². The average molecular weight is 272 g/mol. The summed E-state index contributed by atoms with van der Waals surface area (Å²) in [5.41, 5.74) is 2.19. The fourth-order valence-corrected chi connectivity index (χ4v) is 2.89. The summed E-state index contributed by atoms with van der Waals surface area (Å²) < 4.78 is 0. The lowest BCUT2D eigenvalue weighted by molar-refractivity contribution is 0.693. The first-order chi connectivity index (χ1) is 9.36. The van der Waals surface area contributed by atoms with Gasteiger partial charge in [0, 0.05) is 41.9 Å². The predicted molar refractivity (Wildman–Crippen MR) is 78.1 cm³/mol. The first kappa shape index (κ1) is 12.3. The zero-order chi connectivity index (χ0) is 13.1. The number of pyridine rings is 1. The van der Waals surface area contributed by atoms with Gasteiger partial charge in [0.15, 0.2) is 0 Å². The normalized spacial score (nSPS) is 11.2. The molecule has 3 aromatic rings. The molecule has 98 valence electrons. The summed E-state index contributed by atoms with van der Waals surface area (Å²) in [5, 5.41) is 5.77. The van der Waals surface area contributed by atoms with Gasteiger partial charge in [0.1, 0.15) is 10.7 Å². The molecule has 0 bridgehead atoms. The van der Waals surface area contributed by atoms with Crippen LogP contribution in [0.25, 0.3) is 11.0 Å². The molecule has 0 saturated heterocycles. The minimum atomic E-state index is 0.817. The summed E-state index contributed by atoms with van der Waals surface area (Å²) in [7, 11) is 0. The summed E-state index contributed by atoms with van der Waals surface area (Å²) in [6.07, 6.45) is 6.85. The van der Waals surface area contributed by atoms with Gasteiger partial charge >= 0.3 is 0 Å². The van der Waals surface area contributed by atoms with E-state index >= 15 is 0 Å².